The SMILES string of the molecule is CC(C)OC(=O)c1ccc(N/C=C(\C#N)c2nc(-c3ccc(F)cc3)cs2)cc1. The van der Waals surface area contributed by atoms with Crippen LogP contribution in [-0.2, 0) is 4.74 Å². The summed E-state index contributed by atoms with van der Waals surface area (Å²) in [6.45, 7) is 3.59. The smallest absolute Gasteiger partial charge is 0.338 e. The Morgan fingerprint density at radius 3 is 2.52 bits per heavy atom. The van der Waals surface area contributed by atoms with Crippen LogP contribution in [0.2, 0.25) is 0 Å². The van der Waals surface area contributed by atoms with Crippen LogP contribution in [0, 0.1) is 17.1 Å². The number of allylic oxidation sites excluding steroid dienone is 1. The van der Waals surface area contributed by atoms with Crippen LogP contribution in [0.5, 0.6) is 0 Å². The lowest BCUT2D eigenvalue weighted by Crippen LogP contribution is -2.11. The number of carbonyl (C=O) groups excluding carboxylic acids is 1. The number of anilines is 1. The summed E-state index contributed by atoms with van der Waals surface area (Å²) in [6, 6.07) is 14.9. The largest absolute Gasteiger partial charge is 0.459 e. The van der Waals surface area contributed by atoms with Crippen molar-refractivity contribution in [3.63, 3.8) is 0 Å². The van der Waals surface area contributed by atoms with Gasteiger partial charge in [-0.3, -0.25) is 0 Å². The molecule has 7 heteroatoms. The van der Waals surface area contributed by atoms with Crippen LogP contribution in [0.3, 0.4) is 0 Å². The Labute approximate surface area is 172 Å². The topological polar surface area (TPSA) is 75.0 Å². The summed E-state index contributed by atoms with van der Waals surface area (Å²) in [7, 11) is 0. The third-order valence-corrected chi connectivity index (χ3v) is 4.72. The van der Waals surface area contributed by atoms with Crippen LogP contribution in [0.4, 0.5) is 10.1 Å². The summed E-state index contributed by atoms with van der Waals surface area (Å²) in [6.07, 6.45) is 1.38. The van der Waals surface area contributed by atoms with Gasteiger partial charge in [0.15, 0.2) is 0 Å². The molecule has 0 fully saturated rings. The molecule has 0 atom stereocenters. The highest BCUT2D eigenvalue weighted by atomic mass is 32.1. The number of hydrogen-bond acceptors (Lipinski definition) is 6. The van der Waals surface area contributed by atoms with E-state index < -0.39 is 0 Å². The van der Waals surface area contributed by atoms with E-state index in [4.69, 9.17) is 4.74 Å². The third kappa shape index (κ3) is 5.27. The van der Waals surface area contributed by atoms with Gasteiger partial charge >= 0.3 is 5.97 Å². The van der Waals surface area contributed by atoms with Crippen LogP contribution < -0.4 is 5.32 Å². The van der Waals surface area contributed by atoms with E-state index in [2.05, 4.69) is 16.4 Å². The summed E-state index contributed by atoms with van der Waals surface area (Å²) in [5, 5.41) is 14.9. The lowest BCUT2D eigenvalue weighted by Gasteiger charge is -2.08. The predicted octanol–water partition coefficient (Wildman–Crippen LogP) is 5.49. The monoisotopic (exact) mass is 407 g/mol. The molecular formula is C22H18FN3O2S. The van der Waals surface area contributed by atoms with Gasteiger partial charge in [-0.25, -0.2) is 14.2 Å². The molecule has 1 N–H and O–H groups in total. The molecule has 0 bridgehead atoms. The fraction of sp³-hybridized carbons (Fsp3) is 0.136. The Bertz CT molecular complexity index is 1060. The molecule has 0 aliphatic rings. The molecule has 1 aromatic heterocycles. The van der Waals surface area contributed by atoms with Gasteiger partial charge in [-0.05, 0) is 62.4 Å². The first-order valence-electron chi connectivity index (χ1n) is 8.86. The minimum atomic E-state index is -0.379. The average Bonchev–Trinajstić information content (AvgIpc) is 3.19. The number of nitrogens with zero attached hydrogens (tertiary/aromatic N) is 2. The fourth-order valence-corrected chi connectivity index (χ4v) is 3.23. The second-order valence-electron chi connectivity index (χ2n) is 6.39. The maximum absolute atomic E-state index is 13.1. The maximum atomic E-state index is 13.1. The first-order valence-corrected chi connectivity index (χ1v) is 9.74. The third-order valence-electron chi connectivity index (χ3n) is 3.84. The molecule has 0 unspecified atom stereocenters. The Hall–Kier alpha value is -3.50. The number of carbonyl (C=O) groups is 1. The summed E-state index contributed by atoms with van der Waals surface area (Å²) < 4.78 is 18.2. The number of nitrogens with one attached hydrogen (secondary N) is 1. The zero-order valence-electron chi connectivity index (χ0n) is 15.8. The van der Waals surface area contributed by atoms with Crippen LogP contribution in [0.25, 0.3) is 16.8 Å². The highest BCUT2D eigenvalue weighted by molar-refractivity contribution is 7.11. The quantitative estimate of drug-likeness (QED) is 0.432. The number of nitriles is 1. The van der Waals surface area contributed by atoms with Gasteiger partial charge in [-0.1, -0.05) is 0 Å². The molecule has 0 aliphatic heterocycles. The molecule has 0 saturated carbocycles. The molecule has 0 saturated heterocycles. The van der Waals surface area contributed by atoms with Crippen molar-refractivity contribution in [1.82, 2.24) is 4.98 Å². The van der Waals surface area contributed by atoms with Gasteiger partial charge < -0.3 is 10.1 Å². The maximum Gasteiger partial charge on any atom is 0.338 e. The van der Waals surface area contributed by atoms with E-state index in [0.29, 0.717) is 27.5 Å². The summed E-state index contributed by atoms with van der Waals surface area (Å²) >= 11 is 1.33. The molecule has 0 spiro atoms. The highest BCUT2D eigenvalue weighted by Crippen LogP contribution is 2.26. The zero-order valence-corrected chi connectivity index (χ0v) is 16.7. The minimum Gasteiger partial charge on any atom is -0.459 e. The van der Waals surface area contributed by atoms with Crippen molar-refractivity contribution in [2.45, 2.75) is 20.0 Å². The van der Waals surface area contributed by atoms with E-state index >= 15 is 0 Å². The van der Waals surface area contributed by atoms with Crippen molar-refractivity contribution < 1.29 is 13.9 Å². The van der Waals surface area contributed by atoms with E-state index in [1.54, 1.807) is 56.4 Å². The summed E-state index contributed by atoms with van der Waals surface area (Å²) in [5.41, 5.74) is 3.00. The van der Waals surface area contributed by atoms with Crippen molar-refractivity contribution in [1.29, 1.82) is 5.26 Å². The molecule has 3 rings (SSSR count). The standard InChI is InChI=1S/C22H18FN3O2S/c1-14(2)28-22(27)16-5-9-19(10-6-16)25-12-17(11-24)21-26-20(13-29-21)15-3-7-18(23)8-4-15/h3-10,12-14,25H,1-2H3/b17-12+. The zero-order chi connectivity index (χ0) is 20.8. The molecule has 146 valence electrons. The van der Waals surface area contributed by atoms with Crippen molar-refractivity contribution >= 4 is 28.6 Å². The Morgan fingerprint density at radius 1 is 1.21 bits per heavy atom. The average molecular weight is 407 g/mol. The minimum absolute atomic E-state index is 0.181. The molecule has 0 amide bonds. The van der Waals surface area contributed by atoms with Gasteiger partial charge in [0.1, 0.15) is 22.5 Å². The molecule has 3 aromatic rings. The first kappa shape index (κ1) is 20.2. The predicted molar refractivity (Wildman–Crippen MR) is 112 cm³/mol. The molecular weight excluding hydrogens is 389 g/mol. The van der Waals surface area contributed by atoms with Crippen LogP contribution in [0.15, 0.2) is 60.1 Å². The van der Waals surface area contributed by atoms with Gasteiger partial charge in [-0.2, -0.15) is 5.26 Å². The van der Waals surface area contributed by atoms with Crippen LogP contribution in [-0.4, -0.2) is 17.1 Å². The van der Waals surface area contributed by atoms with E-state index in [1.165, 1.54) is 23.5 Å². The van der Waals surface area contributed by atoms with Gasteiger partial charge in [0, 0.05) is 22.8 Å². The van der Waals surface area contributed by atoms with E-state index in [-0.39, 0.29) is 17.9 Å². The molecule has 5 nitrogen and oxygen atoms in total. The second-order valence-corrected chi connectivity index (χ2v) is 7.25. The van der Waals surface area contributed by atoms with Gasteiger partial charge in [0.05, 0.1) is 17.4 Å². The Balaban J connectivity index is 1.72. The van der Waals surface area contributed by atoms with E-state index in [1.807, 2.05) is 5.38 Å². The van der Waals surface area contributed by atoms with Crippen LogP contribution in [0.1, 0.15) is 29.2 Å². The molecule has 0 aliphatic carbocycles. The van der Waals surface area contributed by atoms with E-state index in [0.717, 1.165) is 5.56 Å². The van der Waals surface area contributed by atoms with Crippen molar-refractivity contribution in [2.24, 2.45) is 0 Å². The normalized spacial score (nSPS) is 11.2. The first-order chi connectivity index (χ1) is 14.0. The molecule has 29 heavy (non-hydrogen) atoms. The number of ether oxygens (including phenoxy) is 1. The van der Waals surface area contributed by atoms with Crippen molar-refractivity contribution in [3.8, 4) is 17.3 Å². The summed E-state index contributed by atoms with van der Waals surface area (Å²) in [4.78, 5) is 16.3. The Kier molecular flexibility index (Phi) is 6.37. The van der Waals surface area contributed by atoms with Gasteiger partial charge in [-0.15, -0.1) is 11.3 Å². The van der Waals surface area contributed by atoms with Crippen molar-refractivity contribution in [3.05, 3.63) is 76.5 Å². The number of thiazole rings is 1. The Morgan fingerprint density at radius 2 is 1.90 bits per heavy atom. The number of halogens is 1. The molecule has 0 radical (unpaired) electrons. The second kappa shape index (κ2) is 9.13. The number of benzene rings is 2. The lowest BCUT2D eigenvalue weighted by molar-refractivity contribution is 0.0378. The van der Waals surface area contributed by atoms with Crippen molar-refractivity contribution in [2.75, 3.05) is 5.32 Å². The van der Waals surface area contributed by atoms with Gasteiger partial charge in [0.25, 0.3) is 0 Å². The number of aromatic nitrogens is 1. The number of rotatable bonds is 6. The number of esters is 1. The van der Waals surface area contributed by atoms with Gasteiger partial charge in [0.2, 0.25) is 0 Å². The summed E-state index contributed by atoms with van der Waals surface area (Å²) in [5.74, 6) is -0.689. The molecule has 2 aromatic carbocycles. The number of hydrogen-bond donors (Lipinski definition) is 1. The molecule has 1 heterocycles. The van der Waals surface area contributed by atoms with E-state index in [9.17, 15) is 14.4 Å². The lowest BCUT2D eigenvalue weighted by atomic mass is 10.2. The fourth-order valence-electron chi connectivity index (χ4n) is 2.43. The highest BCUT2D eigenvalue weighted by Gasteiger charge is 2.10. The van der Waals surface area contributed by atoms with Crippen LogP contribution >= 0.6 is 11.3 Å².